The van der Waals surface area contributed by atoms with E-state index in [0.29, 0.717) is 5.92 Å². The molecule has 1 aliphatic rings. The van der Waals surface area contributed by atoms with E-state index in [1.165, 1.54) is 0 Å². The summed E-state index contributed by atoms with van der Waals surface area (Å²) in [7, 11) is 1.92. The Kier molecular flexibility index (Phi) is 4.11. The number of hydrogen-bond donors (Lipinski definition) is 0. The van der Waals surface area contributed by atoms with E-state index >= 15 is 0 Å². The minimum absolute atomic E-state index is 0.708. The first-order chi connectivity index (χ1) is 9.02. The first-order valence-corrected chi connectivity index (χ1v) is 6.94. The van der Waals surface area contributed by atoms with Crippen LogP contribution in [0.15, 0.2) is 0 Å². The summed E-state index contributed by atoms with van der Waals surface area (Å²) in [6.45, 7) is 11.6. The highest BCUT2D eigenvalue weighted by Gasteiger charge is 2.23. The molecule has 2 rings (SSSR count). The zero-order chi connectivity index (χ0) is 14.0. The minimum atomic E-state index is 0.708. The van der Waals surface area contributed by atoms with Crippen LogP contribution in [0.3, 0.4) is 0 Å². The van der Waals surface area contributed by atoms with Crippen molar-refractivity contribution in [3.63, 3.8) is 0 Å². The number of rotatable bonds is 3. The van der Waals surface area contributed by atoms with Crippen LogP contribution >= 0.6 is 0 Å². The monoisotopic (exact) mass is 261 g/mol. The van der Waals surface area contributed by atoms with Crippen molar-refractivity contribution in [1.29, 1.82) is 5.26 Å². The van der Waals surface area contributed by atoms with Crippen molar-refractivity contribution in [1.82, 2.24) is 14.7 Å². The summed E-state index contributed by atoms with van der Waals surface area (Å²) in [4.78, 5) is 4.78. The van der Waals surface area contributed by atoms with Crippen molar-refractivity contribution in [2.24, 2.45) is 13.0 Å². The number of aromatic nitrogens is 2. The molecule has 0 bridgehead atoms. The topological polar surface area (TPSA) is 48.1 Å². The van der Waals surface area contributed by atoms with E-state index < -0.39 is 0 Å². The third kappa shape index (κ3) is 2.90. The van der Waals surface area contributed by atoms with E-state index in [1.807, 2.05) is 18.7 Å². The standard InChI is InChI=1S/C14H23N5/c1-11(2)10-18-5-7-19(8-6-18)14-13(9-15)12(3)16-17(14)4/h11H,5-8,10H2,1-4H3. The molecular formula is C14H23N5. The maximum absolute atomic E-state index is 9.27. The molecule has 0 unspecified atom stereocenters. The van der Waals surface area contributed by atoms with E-state index in [2.05, 4.69) is 34.8 Å². The van der Waals surface area contributed by atoms with Gasteiger partial charge in [-0.1, -0.05) is 13.8 Å². The fourth-order valence-corrected chi connectivity index (χ4v) is 2.80. The minimum Gasteiger partial charge on any atom is -0.353 e. The molecule has 5 nitrogen and oxygen atoms in total. The lowest BCUT2D eigenvalue weighted by Gasteiger charge is -2.36. The molecule has 0 aromatic carbocycles. The molecule has 0 saturated carbocycles. The fraction of sp³-hybridized carbons (Fsp3) is 0.714. The molecule has 19 heavy (non-hydrogen) atoms. The molecule has 2 heterocycles. The highest BCUT2D eigenvalue weighted by molar-refractivity contribution is 5.57. The van der Waals surface area contributed by atoms with Gasteiger partial charge in [0.05, 0.1) is 5.69 Å². The highest BCUT2D eigenvalue weighted by atomic mass is 15.4. The lowest BCUT2D eigenvalue weighted by molar-refractivity contribution is 0.230. The quantitative estimate of drug-likeness (QED) is 0.824. The fourth-order valence-electron chi connectivity index (χ4n) is 2.80. The maximum Gasteiger partial charge on any atom is 0.145 e. The van der Waals surface area contributed by atoms with Gasteiger partial charge < -0.3 is 4.90 Å². The van der Waals surface area contributed by atoms with Crippen LogP contribution in [-0.2, 0) is 7.05 Å². The Labute approximate surface area is 115 Å². The molecule has 0 atom stereocenters. The second-order valence-corrected chi connectivity index (χ2v) is 5.70. The summed E-state index contributed by atoms with van der Waals surface area (Å²) in [5, 5.41) is 13.6. The molecular weight excluding hydrogens is 238 g/mol. The molecule has 1 aliphatic heterocycles. The Hall–Kier alpha value is -1.54. The smallest absolute Gasteiger partial charge is 0.145 e. The van der Waals surface area contributed by atoms with Crippen LogP contribution in [0.25, 0.3) is 0 Å². The number of nitriles is 1. The molecule has 0 amide bonds. The van der Waals surface area contributed by atoms with Crippen LogP contribution in [0.2, 0.25) is 0 Å². The molecule has 104 valence electrons. The Morgan fingerprint density at radius 1 is 1.26 bits per heavy atom. The van der Waals surface area contributed by atoms with Gasteiger partial charge in [0.15, 0.2) is 0 Å². The zero-order valence-corrected chi connectivity index (χ0v) is 12.3. The summed E-state index contributed by atoms with van der Waals surface area (Å²) in [5.41, 5.74) is 1.55. The van der Waals surface area contributed by atoms with Gasteiger partial charge in [-0.15, -0.1) is 0 Å². The average molecular weight is 261 g/mol. The van der Waals surface area contributed by atoms with E-state index in [1.54, 1.807) is 0 Å². The zero-order valence-electron chi connectivity index (χ0n) is 12.3. The summed E-state index contributed by atoms with van der Waals surface area (Å²) in [6, 6.07) is 2.29. The van der Waals surface area contributed by atoms with E-state index in [0.717, 1.165) is 49.8 Å². The van der Waals surface area contributed by atoms with Crippen LogP contribution in [-0.4, -0.2) is 47.4 Å². The number of nitrogens with zero attached hydrogens (tertiary/aromatic N) is 5. The lowest BCUT2D eigenvalue weighted by Crippen LogP contribution is -2.48. The van der Waals surface area contributed by atoms with Gasteiger partial charge >= 0.3 is 0 Å². The Morgan fingerprint density at radius 2 is 1.89 bits per heavy atom. The van der Waals surface area contributed by atoms with E-state index in [-0.39, 0.29) is 0 Å². The van der Waals surface area contributed by atoms with Crippen molar-refractivity contribution in [2.45, 2.75) is 20.8 Å². The average Bonchev–Trinajstić information content (AvgIpc) is 2.64. The first-order valence-electron chi connectivity index (χ1n) is 6.94. The highest BCUT2D eigenvalue weighted by Crippen LogP contribution is 2.23. The summed E-state index contributed by atoms with van der Waals surface area (Å²) in [6.07, 6.45) is 0. The molecule has 0 aliphatic carbocycles. The SMILES string of the molecule is Cc1nn(C)c(N2CCN(CC(C)C)CC2)c1C#N. The van der Waals surface area contributed by atoms with Gasteiger partial charge in [-0.05, 0) is 12.8 Å². The van der Waals surface area contributed by atoms with Gasteiger partial charge in [0.2, 0.25) is 0 Å². The first kappa shape index (κ1) is 13.9. The van der Waals surface area contributed by atoms with Crippen LogP contribution in [0.4, 0.5) is 5.82 Å². The summed E-state index contributed by atoms with van der Waals surface area (Å²) < 4.78 is 1.84. The predicted molar refractivity (Wildman–Crippen MR) is 76.2 cm³/mol. The van der Waals surface area contributed by atoms with Gasteiger partial charge in [-0.3, -0.25) is 9.58 Å². The van der Waals surface area contributed by atoms with Gasteiger partial charge in [0.25, 0.3) is 0 Å². The molecule has 1 fully saturated rings. The van der Waals surface area contributed by atoms with Crippen LogP contribution in [0.1, 0.15) is 25.1 Å². The summed E-state index contributed by atoms with van der Waals surface area (Å²) in [5.74, 6) is 1.68. The Bertz CT molecular complexity index is 475. The lowest BCUT2D eigenvalue weighted by atomic mass is 10.2. The van der Waals surface area contributed by atoms with Gasteiger partial charge in [0, 0.05) is 39.8 Å². The predicted octanol–water partition coefficient (Wildman–Crippen LogP) is 1.38. The number of aryl methyl sites for hydroxylation is 2. The molecule has 1 aromatic rings. The van der Waals surface area contributed by atoms with Crippen molar-refractivity contribution in [2.75, 3.05) is 37.6 Å². The number of piperazine rings is 1. The maximum atomic E-state index is 9.27. The Balaban J connectivity index is 2.08. The normalized spacial score (nSPS) is 16.9. The van der Waals surface area contributed by atoms with Crippen molar-refractivity contribution in [3.8, 4) is 6.07 Å². The summed E-state index contributed by atoms with van der Waals surface area (Å²) >= 11 is 0. The van der Waals surface area contributed by atoms with Crippen LogP contribution < -0.4 is 4.90 Å². The Morgan fingerprint density at radius 3 is 2.42 bits per heavy atom. The van der Waals surface area contributed by atoms with E-state index in [9.17, 15) is 5.26 Å². The molecule has 0 N–H and O–H groups in total. The molecule has 1 saturated heterocycles. The van der Waals surface area contributed by atoms with Crippen LogP contribution in [0, 0.1) is 24.2 Å². The van der Waals surface area contributed by atoms with Crippen molar-refractivity contribution in [3.05, 3.63) is 11.3 Å². The molecule has 0 radical (unpaired) electrons. The van der Waals surface area contributed by atoms with Gasteiger partial charge in [0.1, 0.15) is 17.5 Å². The molecule has 5 heteroatoms. The number of anilines is 1. The van der Waals surface area contributed by atoms with Crippen LogP contribution in [0.5, 0.6) is 0 Å². The largest absolute Gasteiger partial charge is 0.353 e. The molecule has 0 spiro atoms. The van der Waals surface area contributed by atoms with Gasteiger partial charge in [-0.2, -0.15) is 10.4 Å². The third-order valence-electron chi connectivity index (χ3n) is 3.60. The second-order valence-electron chi connectivity index (χ2n) is 5.70. The number of hydrogen-bond acceptors (Lipinski definition) is 4. The second kappa shape index (κ2) is 5.62. The molecule has 1 aromatic heterocycles. The third-order valence-corrected chi connectivity index (χ3v) is 3.60. The van der Waals surface area contributed by atoms with Crippen molar-refractivity contribution < 1.29 is 0 Å². The van der Waals surface area contributed by atoms with Crippen molar-refractivity contribution >= 4 is 5.82 Å². The van der Waals surface area contributed by atoms with E-state index in [4.69, 9.17) is 0 Å². The van der Waals surface area contributed by atoms with Gasteiger partial charge in [-0.25, -0.2) is 0 Å².